The number of nitrogens with one attached hydrogen (secondary N) is 1. The molecule has 3 rings (SSSR count). The molecule has 0 spiro atoms. The third kappa shape index (κ3) is 2.57. The van der Waals surface area contributed by atoms with Gasteiger partial charge < -0.3 is 15.0 Å². The van der Waals surface area contributed by atoms with Gasteiger partial charge in [0.25, 0.3) is 0 Å². The Labute approximate surface area is 120 Å². The van der Waals surface area contributed by atoms with Gasteiger partial charge in [0.2, 0.25) is 0 Å². The third-order valence-corrected chi connectivity index (χ3v) is 3.79. The van der Waals surface area contributed by atoms with E-state index in [-0.39, 0.29) is 0 Å². The standard InChI is InChI=1S/C17H20N2O/c1-19(15-4-3-5-16(11-15)20-2)12-13-6-7-17-14(10-13)8-9-18-17/h3-7,10-11,18H,8-9,12H2,1-2H3. The molecule has 3 heteroatoms. The fourth-order valence-corrected chi connectivity index (χ4v) is 2.67. The zero-order chi connectivity index (χ0) is 13.9. The molecule has 2 aromatic carbocycles. The summed E-state index contributed by atoms with van der Waals surface area (Å²) in [5.41, 5.74) is 5.24. The molecule has 0 saturated heterocycles. The van der Waals surface area contributed by atoms with E-state index < -0.39 is 0 Å². The number of benzene rings is 2. The van der Waals surface area contributed by atoms with E-state index in [9.17, 15) is 0 Å². The Kier molecular flexibility index (Phi) is 3.50. The molecular weight excluding hydrogens is 248 g/mol. The second-order valence-corrected chi connectivity index (χ2v) is 5.23. The van der Waals surface area contributed by atoms with Gasteiger partial charge in [0.05, 0.1) is 7.11 Å². The van der Waals surface area contributed by atoms with Crippen LogP contribution < -0.4 is 15.0 Å². The molecule has 1 aliphatic heterocycles. The van der Waals surface area contributed by atoms with Crippen molar-refractivity contribution in [3.63, 3.8) is 0 Å². The van der Waals surface area contributed by atoms with Gasteiger partial charge in [-0.1, -0.05) is 18.2 Å². The molecule has 0 amide bonds. The molecule has 1 aliphatic rings. The molecule has 0 fully saturated rings. The van der Waals surface area contributed by atoms with Gasteiger partial charge in [-0.15, -0.1) is 0 Å². The smallest absolute Gasteiger partial charge is 0.120 e. The topological polar surface area (TPSA) is 24.5 Å². The fraction of sp³-hybridized carbons (Fsp3) is 0.294. The van der Waals surface area contributed by atoms with Crippen LogP contribution >= 0.6 is 0 Å². The molecule has 0 saturated carbocycles. The Morgan fingerprint density at radius 2 is 2.10 bits per heavy atom. The van der Waals surface area contributed by atoms with Crippen LogP contribution in [0.4, 0.5) is 11.4 Å². The van der Waals surface area contributed by atoms with Crippen LogP contribution in [0, 0.1) is 0 Å². The average Bonchev–Trinajstić information content (AvgIpc) is 2.95. The third-order valence-electron chi connectivity index (χ3n) is 3.79. The van der Waals surface area contributed by atoms with Gasteiger partial charge in [0.15, 0.2) is 0 Å². The Morgan fingerprint density at radius 1 is 1.20 bits per heavy atom. The summed E-state index contributed by atoms with van der Waals surface area (Å²) >= 11 is 0. The van der Waals surface area contributed by atoms with Crippen molar-refractivity contribution in [2.24, 2.45) is 0 Å². The largest absolute Gasteiger partial charge is 0.497 e. The number of hydrogen-bond acceptors (Lipinski definition) is 3. The van der Waals surface area contributed by atoms with E-state index in [2.05, 4.69) is 47.6 Å². The minimum absolute atomic E-state index is 0.896. The monoisotopic (exact) mass is 268 g/mol. The van der Waals surface area contributed by atoms with Crippen molar-refractivity contribution >= 4 is 11.4 Å². The summed E-state index contributed by atoms with van der Waals surface area (Å²) in [6.45, 7) is 1.96. The van der Waals surface area contributed by atoms with Gasteiger partial charge in [0, 0.05) is 37.6 Å². The van der Waals surface area contributed by atoms with E-state index in [0.29, 0.717) is 0 Å². The molecule has 0 radical (unpaired) electrons. The van der Waals surface area contributed by atoms with Crippen LogP contribution in [-0.4, -0.2) is 20.7 Å². The number of rotatable bonds is 4. The summed E-state index contributed by atoms with van der Waals surface area (Å²) in [6.07, 6.45) is 1.13. The van der Waals surface area contributed by atoms with Crippen LogP contribution in [0.3, 0.4) is 0 Å². The van der Waals surface area contributed by atoms with Gasteiger partial charge in [0.1, 0.15) is 5.75 Å². The van der Waals surface area contributed by atoms with E-state index in [1.807, 2.05) is 12.1 Å². The van der Waals surface area contributed by atoms with Crippen molar-refractivity contribution in [1.29, 1.82) is 0 Å². The Balaban J connectivity index is 1.76. The minimum Gasteiger partial charge on any atom is -0.497 e. The first-order chi connectivity index (χ1) is 9.76. The van der Waals surface area contributed by atoms with E-state index in [1.165, 1.54) is 22.5 Å². The second-order valence-electron chi connectivity index (χ2n) is 5.23. The van der Waals surface area contributed by atoms with Gasteiger partial charge in [-0.25, -0.2) is 0 Å². The first-order valence-electron chi connectivity index (χ1n) is 6.97. The lowest BCUT2D eigenvalue weighted by Crippen LogP contribution is -2.16. The number of ether oxygens (including phenoxy) is 1. The fourth-order valence-electron chi connectivity index (χ4n) is 2.67. The van der Waals surface area contributed by atoms with Crippen molar-refractivity contribution in [2.45, 2.75) is 13.0 Å². The predicted molar refractivity (Wildman–Crippen MR) is 83.7 cm³/mol. The molecule has 0 aromatic heterocycles. The maximum absolute atomic E-state index is 5.28. The lowest BCUT2D eigenvalue weighted by Gasteiger charge is -2.20. The van der Waals surface area contributed by atoms with Crippen LogP contribution in [0.15, 0.2) is 42.5 Å². The molecule has 20 heavy (non-hydrogen) atoms. The normalized spacial score (nSPS) is 12.7. The van der Waals surface area contributed by atoms with E-state index in [1.54, 1.807) is 7.11 Å². The molecule has 3 nitrogen and oxygen atoms in total. The van der Waals surface area contributed by atoms with Crippen molar-refractivity contribution in [3.8, 4) is 5.75 Å². The second kappa shape index (κ2) is 5.45. The molecule has 0 bridgehead atoms. The van der Waals surface area contributed by atoms with E-state index in [4.69, 9.17) is 4.74 Å². The molecular formula is C17H20N2O. The van der Waals surface area contributed by atoms with E-state index in [0.717, 1.165) is 25.3 Å². The summed E-state index contributed by atoms with van der Waals surface area (Å²) in [5, 5.41) is 3.40. The highest BCUT2D eigenvalue weighted by molar-refractivity contribution is 5.57. The van der Waals surface area contributed by atoms with Gasteiger partial charge in [-0.3, -0.25) is 0 Å². The molecule has 104 valence electrons. The maximum atomic E-state index is 5.28. The van der Waals surface area contributed by atoms with Crippen molar-refractivity contribution in [3.05, 3.63) is 53.6 Å². The Bertz CT molecular complexity index is 610. The molecule has 0 unspecified atom stereocenters. The first kappa shape index (κ1) is 12.9. The minimum atomic E-state index is 0.896. The van der Waals surface area contributed by atoms with Crippen LogP contribution in [0.2, 0.25) is 0 Å². The first-order valence-corrected chi connectivity index (χ1v) is 6.97. The number of hydrogen-bond donors (Lipinski definition) is 1. The van der Waals surface area contributed by atoms with Crippen LogP contribution in [0.25, 0.3) is 0 Å². The molecule has 1 N–H and O–H groups in total. The Morgan fingerprint density at radius 3 is 2.95 bits per heavy atom. The number of nitrogens with zero attached hydrogens (tertiary/aromatic N) is 1. The summed E-state index contributed by atoms with van der Waals surface area (Å²) in [6, 6.07) is 14.9. The average molecular weight is 268 g/mol. The molecule has 2 aromatic rings. The van der Waals surface area contributed by atoms with E-state index >= 15 is 0 Å². The van der Waals surface area contributed by atoms with Crippen LogP contribution in [-0.2, 0) is 13.0 Å². The highest BCUT2D eigenvalue weighted by Gasteiger charge is 2.11. The maximum Gasteiger partial charge on any atom is 0.120 e. The predicted octanol–water partition coefficient (Wildman–Crippen LogP) is 3.30. The summed E-state index contributed by atoms with van der Waals surface area (Å²) in [7, 11) is 3.81. The molecule has 0 atom stereocenters. The molecule has 1 heterocycles. The lowest BCUT2D eigenvalue weighted by molar-refractivity contribution is 0.415. The van der Waals surface area contributed by atoms with Crippen molar-refractivity contribution < 1.29 is 4.74 Å². The summed E-state index contributed by atoms with van der Waals surface area (Å²) in [4.78, 5) is 2.24. The van der Waals surface area contributed by atoms with Crippen LogP contribution in [0.5, 0.6) is 5.75 Å². The summed E-state index contributed by atoms with van der Waals surface area (Å²) in [5.74, 6) is 0.896. The number of anilines is 2. The number of fused-ring (bicyclic) bond motifs is 1. The highest BCUT2D eigenvalue weighted by atomic mass is 16.5. The van der Waals surface area contributed by atoms with Gasteiger partial charge >= 0.3 is 0 Å². The Hall–Kier alpha value is -2.16. The SMILES string of the molecule is COc1cccc(N(C)Cc2ccc3c(c2)CCN3)c1. The van der Waals surface area contributed by atoms with Crippen LogP contribution in [0.1, 0.15) is 11.1 Å². The quantitative estimate of drug-likeness (QED) is 0.920. The zero-order valence-corrected chi connectivity index (χ0v) is 12.0. The zero-order valence-electron chi connectivity index (χ0n) is 12.0. The van der Waals surface area contributed by atoms with Crippen molar-refractivity contribution in [2.75, 3.05) is 30.9 Å². The molecule has 0 aliphatic carbocycles. The number of methoxy groups -OCH3 is 1. The van der Waals surface area contributed by atoms with Crippen molar-refractivity contribution in [1.82, 2.24) is 0 Å². The van der Waals surface area contributed by atoms with Gasteiger partial charge in [-0.05, 0) is 35.7 Å². The highest BCUT2D eigenvalue weighted by Crippen LogP contribution is 2.25. The summed E-state index contributed by atoms with van der Waals surface area (Å²) < 4.78 is 5.28. The lowest BCUT2D eigenvalue weighted by atomic mass is 10.1. The van der Waals surface area contributed by atoms with Gasteiger partial charge in [-0.2, -0.15) is 0 Å².